The number of benzene rings is 5. The molecule has 8 heteroatoms. The Bertz CT molecular complexity index is 2950. The average molecular weight is 835 g/mol. The third-order valence-corrected chi connectivity index (χ3v) is 15.9. The number of aromatic nitrogens is 2. The number of hydrogen-bond acceptors (Lipinski definition) is 6. The number of hydrogen-bond donors (Lipinski definition) is 0. The Hall–Kier alpha value is -6.27. The van der Waals surface area contributed by atoms with Gasteiger partial charge in [-0.1, -0.05) is 134 Å². The Morgan fingerprint density at radius 1 is 0.438 bits per heavy atom. The molecule has 4 aliphatic heterocycles. The van der Waals surface area contributed by atoms with E-state index in [1.165, 1.54) is 22.1 Å². The number of anilines is 6. The predicted molar refractivity (Wildman–Crippen MR) is 264 cm³/mol. The second kappa shape index (κ2) is 12.7. The van der Waals surface area contributed by atoms with E-state index in [-0.39, 0.29) is 35.1 Å². The summed E-state index contributed by atoms with van der Waals surface area (Å²) in [6, 6.07) is 44.1. The van der Waals surface area contributed by atoms with E-state index in [1.54, 1.807) is 0 Å². The van der Waals surface area contributed by atoms with Gasteiger partial charge in [0.2, 0.25) is 0 Å². The number of para-hydroxylation sites is 4. The van der Waals surface area contributed by atoms with Gasteiger partial charge in [0.25, 0.3) is 13.4 Å². The molecule has 314 valence electrons. The standard InChI is InChI=1S/C56H52B2N4O2/c1-53(2)27-29-55(5,6)49-43(53)47-45-51(59-49)61(33-19-11-9-12-20-33)39-25-17-15-23-35(39)57(45)37-31-38-42(32-41(37)63-47)64-48-44-50(56(7,8)30-28-54(44,3)4)60-52-46(48)58(38)36-24-16-18-26-40(36)62(52)34-21-13-10-14-22-34/h9-26,31-32H,27-30H2,1-8H3. The fraction of sp³-hybridized carbons (Fsp3) is 0.286. The van der Waals surface area contributed by atoms with Gasteiger partial charge >= 0.3 is 0 Å². The van der Waals surface area contributed by atoms with Crippen molar-refractivity contribution in [2.24, 2.45) is 0 Å². The van der Waals surface area contributed by atoms with Crippen molar-refractivity contribution in [3.05, 3.63) is 144 Å². The van der Waals surface area contributed by atoms with Crippen LogP contribution in [0.1, 0.15) is 104 Å². The van der Waals surface area contributed by atoms with Gasteiger partial charge in [0, 0.05) is 61.7 Å². The third kappa shape index (κ3) is 5.05. The summed E-state index contributed by atoms with van der Waals surface area (Å²) in [5.74, 6) is 5.58. The number of rotatable bonds is 2. The minimum Gasteiger partial charge on any atom is -0.458 e. The molecule has 0 fully saturated rings. The molecule has 5 aromatic carbocycles. The second-order valence-corrected chi connectivity index (χ2v) is 21.8. The molecule has 6 heterocycles. The number of nitrogens with zero attached hydrogens (tertiary/aromatic N) is 4. The van der Waals surface area contributed by atoms with Crippen LogP contribution in [0, 0.1) is 0 Å². The molecule has 7 aromatic rings. The van der Waals surface area contributed by atoms with E-state index in [0.29, 0.717) is 0 Å². The van der Waals surface area contributed by atoms with Crippen molar-refractivity contribution < 1.29 is 9.47 Å². The van der Waals surface area contributed by atoms with Crippen molar-refractivity contribution in [2.45, 2.75) is 103 Å². The summed E-state index contributed by atoms with van der Waals surface area (Å²) in [5, 5.41) is 0. The highest BCUT2D eigenvalue weighted by atomic mass is 16.5. The molecule has 2 aromatic heterocycles. The van der Waals surface area contributed by atoms with E-state index in [2.05, 4.69) is 187 Å². The lowest BCUT2D eigenvalue weighted by Gasteiger charge is -2.47. The SMILES string of the molecule is CC1(C)CCC(C)(C)c2c1nc1c3c2Oc2cc4c(cc2B3c2ccccc2N1c1ccccc1)B1c2ccccc2N(c2ccccc2)c2nc3c(c(c21)O4)C(C)(C)CCC3(C)C. The maximum absolute atomic E-state index is 7.58. The lowest BCUT2D eigenvalue weighted by molar-refractivity contribution is 0.311. The molecule has 0 N–H and O–H groups in total. The monoisotopic (exact) mass is 834 g/mol. The van der Waals surface area contributed by atoms with Gasteiger partial charge in [0.1, 0.15) is 34.6 Å². The minimum atomic E-state index is -0.139. The molecule has 0 bridgehead atoms. The van der Waals surface area contributed by atoms with Crippen molar-refractivity contribution in [1.82, 2.24) is 9.97 Å². The van der Waals surface area contributed by atoms with E-state index in [0.717, 1.165) is 116 Å². The summed E-state index contributed by atoms with van der Waals surface area (Å²) in [5.41, 5.74) is 15.8. The summed E-state index contributed by atoms with van der Waals surface area (Å²) in [7, 11) is 0. The van der Waals surface area contributed by atoms with Gasteiger partial charge in [0.15, 0.2) is 0 Å². The first-order valence-corrected chi connectivity index (χ1v) is 23.3. The molecule has 13 rings (SSSR count). The van der Waals surface area contributed by atoms with Gasteiger partial charge < -0.3 is 9.47 Å². The molecular weight excluding hydrogens is 782 g/mol. The summed E-state index contributed by atoms with van der Waals surface area (Å²) >= 11 is 0. The van der Waals surface area contributed by atoms with E-state index in [9.17, 15) is 0 Å². The third-order valence-electron chi connectivity index (χ3n) is 15.9. The second-order valence-electron chi connectivity index (χ2n) is 21.8. The van der Waals surface area contributed by atoms with Gasteiger partial charge in [-0.2, -0.15) is 0 Å². The summed E-state index contributed by atoms with van der Waals surface area (Å²) < 4.78 is 15.2. The maximum atomic E-state index is 7.58. The van der Waals surface area contributed by atoms with Crippen LogP contribution in [-0.2, 0) is 21.7 Å². The zero-order valence-corrected chi connectivity index (χ0v) is 38.1. The highest BCUT2D eigenvalue weighted by molar-refractivity contribution is 7.02. The molecule has 0 saturated carbocycles. The van der Waals surface area contributed by atoms with Crippen LogP contribution in [0.25, 0.3) is 0 Å². The molecule has 0 atom stereocenters. The molecule has 2 aliphatic carbocycles. The van der Waals surface area contributed by atoms with Crippen molar-refractivity contribution in [3.8, 4) is 23.0 Å². The first-order chi connectivity index (χ1) is 30.7. The van der Waals surface area contributed by atoms with Crippen LogP contribution >= 0.6 is 0 Å². The molecule has 6 aliphatic rings. The number of fused-ring (bicyclic) bond motifs is 12. The van der Waals surface area contributed by atoms with Gasteiger partial charge in [-0.25, -0.2) is 9.97 Å². The minimum absolute atomic E-state index is 0.115. The fourth-order valence-corrected chi connectivity index (χ4v) is 12.4. The zero-order chi connectivity index (χ0) is 43.7. The quantitative estimate of drug-likeness (QED) is 0.162. The van der Waals surface area contributed by atoms with Crippen LogP contribution in [0.2, 0.25) is 0 Å². The first kappa shape index (κ1) is 38.2. The van der Waals surface area contributed by atoms with Crippen molar-refractivity contribution in [1.29, 1.82) is 0 Å². The Labute approximate surface area is 377 Å². The Kier molecular flexibility index (Phi) is 7.59. The molecular formula is C56H52B2N4O2. The highest BCUT2D eigenvalue weighted by Crippen LogP contribution is 2.55. The van der Waals surface area contributed by atoms with Crippen LogP contribution in [0.4, 0.5) is 34.4 Å². The van der Waals surface area contributed by atoms with E-state index in [4.69, 9.17) is 19.4 Å². The van der Waals surface area contributed by atoms with Crippen LogP contribution < -0.4 is 52.1 Å². The van der Waals surface area contributed by atoms with E-state index >= 15 is 0 Å². The maximum Gasteiger partial charge on any atom is 0.258 e. The molecule has 6 nitrogen and oxygen atoms in total. The van der Waals surface area contributed by atoms with Crippen molar-refractivity contribution in [2.75, 3.05) is 9.80 Å². The van der Waals surface area contributed by atoms with Gasteiger partial charge in [-0.05, 0) is 94.8 Å². The molecule has 0 radical (unpaired) electrons. The largest absolute Gasteiger partial charge is 0.458 e. The summed E-state index contributed by atoms with van der Waals surface area (Å²) in [6.45, 7) is 18.8. The smallest absolute Gasteiger partial charge is 0.258 e. The van der Waals surface area contributed by atoms with Crippen molar-refractivity contribution in [3.63, 3.8) is 0 Å². The molecule has 0 unspecified atom stereocenters. The lowest BCUT2D eigenvalue weighted by Crippen LogP contribution is -2.64. The Morgan fingerprint density at radius 3 is 1.23 bits per heavy atom. The normalized spacial score (nSPS) is 19.0. The summed E-state index contributed by atoms with van der Waals surface area (Å²) in [6.07, 6.45) is 4.22. The number of pyridine rings is 2. The van der Waals surface area contributed by atoms with Crippen LogP contribution in [0.5, 0.6) is 23.0 Å². The van der Waals surface area contributed by atoms with Crippen molar-refractivity contribution >= 4 is 80.6 Å². The summed E-state index contributed by atoms with van der Waals surface area (Å²) in [4.78, 5) is 16.4. The average Bonchev–Trinajstić information content (AvgIpc) is 3.29. The molecule has 64 heavy (non-hydrogen) atoms. The zero-order valence-electron chi connectivity index (χ0n) is 38.1. The lowest BCUT2D eigenvalue weighted by atomic mass is 9.31. The number of ether oxygens (including phenoxy) is 2. The van der Waals surface area contributed by atoms with E-state index in [1.807, 2.05) is 0 Å². The molecule has 0 saturated heterocycles. The van der Waals surface area contributed by atoms with E-state index < -0.39 is 0 Å². The predicted octanol–water partition coefficient (Wildman–Crippen LogP) is 9.98. The molecule has 0 amide bonds. The molecule has 0 spiro atoms. The fourth-order valence-electron chi connectivity index (χ4n) is 12.4. The Morgan fingerprint density at radius 2 is 0.812 bits per heavy atom. The van der Waals surface area contributed by atoms with Crippen LogP contribution in [0.15, 0.2) is 121 Å². The van der Waals surface area contributed by atoms with Gasteiger partial charge in [-0.15, -0.1) is 0 Å². The van der Waals surface area contributed by atoms with Crippen LogP contribution in [0.3, 0.4) is 0 Å². The first-order valence-electron chi connectivity index (χ1n) is 23.3. The van der Waals surface area contributed by atoms with Gasteiger partial charge in [-0.3, -0.25) is 9.80 Å². The van der Waals surface area contributed by atoms with Crippen LogP contribution in [-0.4, -0.2) is 23.4 Å². The topological polar surface area (TPSA) is 50.7 Å². The van der Waals surface area contributed by atoms with Gasteiger partial charge in [0.05, 0.1) is 11.4 Å². The Balaban J connectivity index is 1.11. The highest BCUT2D eigenvalue weighted by Gasteiger charge is 2.53.